The largest absolute Gasteiger partial charge is 0.468 e. The molecular weight excluding hydrogens is 376 g/mol. The van der Waals surface area contributed by atoms with Crippen LogP contribution in [0, 0.1) is 6.92 Å². The van der Waals surface area contributed by atoms with E-state index in [1.807, 2.05) is 58.0 Å². The Morgan fingerprint density at radius 1 is 1.13 bits per heavy atom. The number of fused-ring (bicyclic) bond motifs is 1. The molecule has 4 aromatic rings. The molecule has 1 N–H and O–H groups in total. The number of esters is 1. The fourth-order valence-corrected chi connectivity index (χ4v) is 3.85. The number of rotatable bonds is 7. The molecule has 0 bridgehead atoms. The van der Waals surface area contributed by atoms with Gasteiger partial charge in [0, 0.05) is 40.9 Å². The van der Waals surface area contributed by atoms with Crippen molar-refractivity contribution in [3.05, 3.63) is 83.8 Å². The van der Waals surface area contributed by atoms with Gasteiger partial charge in [-0.2, -0.15) is 5.10 Å². The van der Waals surface area contributed by atoms with E-state index >= 15 is 0 Å². The van der Waals surface area contributed by atoms with Gasteiger partial charge >= 0.3 is 5.97 Å². The van der Waals surface area contributed by atoms with Crippen LogP contribution in [-0.2, 0) is 22.6 Å². The number of para-hydroxylation sites is 2. The minimum absolute atomic E-state index is 0.130. The van der Waals surface area contributed by atoms with Crippen molar-refractivity contribution in [1.82, 2.24) is 19.7 Å². The highest BCUT2D eigenvalue weighted by Crippen LogP contribution is 2.24. The summed E-state index contributed by atoms with van der Waals surface area (Å²) in [5.41, 5.74) is 5.51. The van der Waals surface area contributed by atoms with Crippen molar-refractivity contribution < 1.29 is 9.53 Å². The molecule has 0 aliphatic carbocycles. The first-order chi connectivity index (χ1) is 14.6. The molecule has 154 valence electrons. The second-order valence-electron chi connectivity index (χ2n) is 7.41. The summed E-state index contributed by atoms with van der Waals surface area (Å²) in [6.45, 7) is 5.13. The first-order valence-electron chi connectivity index (χ1n) is 10.1. The molecule has 0 spiro atoms. The molecular formula is C24H26N4O2. The van der Waals surface area contributed by atoms with Crippen molar-refractivity contribution in [3.63, 3.8) is 0 Å². The summed E-state index contributed by atoms with van der Waals surface area (Å²) in [5, 5.41) is 9.33. The molecule has 0 fully saturated rings. The van der Waals surface area contributed by atoms with Gasteiger partial charge in [0.2, 0.25) is 0 Å². The third-order valence-electron chi connectivity index (χ3n) is 5.51. The monoisotopic (exact) mass is 402 g/mol. The minimum atomic E-state index is -0.257. The average molecular weight is 402 g/mol. The van der Waals surface area contributed by atoms with E-state index in [0.717, 1.165) is 33.4 Å². The third-order valence-corrected chi connectivity index (χ3v) is 5.51. The van der Waals surface area contributed by atoms with Crippen LogP contribution in [0.4, 0.5) is 0 Å². The predicted molar refractivity (Wildman–Crippen MR) is 118 cm³/mol. The summed E-state index contributed by atoms with van der Waals surface area (Å²) in [6.07, 6.45) is 3.96. The molecule has 2 aromatic heterocycles. The highest BCUT2D eigenvalue weighted by molar-refractivity contribution is 5.85. The van der Waals surface area contributed by atoms with E-state index in [0.29, 0.717) is 6.54 Å². The van der Waals surface area contributed by atoms with E-state index in [4.69, 9.17) is 4.74 Å². The van der Waals surface area contributed by atoms with Gasteiger partial charge in [-0.1, -0.05) is 36.4 Å². The Labute approximate surface area is 176 Å². The molecule has 0 saturated heterocycles. The van der Waals surface area contributed by atoms with Crippen molar-refractivity contribution in [2.24, 2.45) is 0 Å². The van der Waals surface area contributed by atoms with Crippen LogP contribution in [0.5, 0.6) is 0 Å². The Hall–Kier alpha value is -3.38. The Kier molecular flexibility index (Phi) is 5.68. The van der Waals surface area contributed by atoms with Gasteiger partial charge in [-0.05, 0) is 37.6 Å². The summed E-state index contributed by atoms with van der Waals surface area (Å²) in [7, 11) is 1.41. The van der Waals surface area contributed by atoms with E-state index < -0.39 is 0 Å². The van der Waals surface area contributed by atoms with Gasteiger partial charge in [0.05, 0.1) is 19.0 Å². The Balaban J connectivity index is 1.53. The number of benzene rings is 2. The van der Waals surface area contributed by atoms with E-state index in [-0.39, 0.29) is 18.6 Å². The maximum Gasteiger partial charge on any atom is 0.325 e. The van der Waals surface area contributed by atoms with E-state index in [2.05, 4.69) is 42.5 Å². The standard InChI is InChI=1S/C24H26N4O2/c1-17(22-14-26-28(18(22)2)20-9-5-4-6-10-20)25-13-19-15-27(16-24(29)30-3)23-12-8-7-11-21(19)23/h4-12,14-15,17,25H,13,16H2,1-3H3. The lowest BCUT2D eigenvalue weighted by Crippen LogP contribution is -2.18. The van der Waals surface area contributed by atoms with Crippen LogP contribution in [-0.4, -0.2) is 27.4 Å². The van der Waals surface area contributed by atoms with E-state index in [9.17, 15) is 4.79 Å². The van der Waals surface area contributed by atoms with E-state index in [1.165, 1.54) is 7.11 Å². The first kappa shape index (κ1) is 19.9. The van der Waals surface area contributed by atoms with Crippen molar-refractivity contribution in [2.75, 3.05) is 7.11 Å². The normalized spacial score (nSPS) is 12.2. The number of nitrogens with one attached hydrogen (secondary N) is 1. The van der Waals surface area contributed by atoms with Gasteiger partial charge in [-0.3, -0.25) is 4.79 Å². The molecule has 0 saturated carbocycles. The number of hydrogen-bond acceptors (Lipinski definition) is 4. The zero-order valence-corrected chi connectivity index (χ0v) is 17.5. The SMILES string of the molecule is COC(=O)Cn1cc(CNC(C)c2cnn(-c3ccccc3)c2C)c2ccccc21. The zero-order valence-electron chi connectivity index (χ0n) is 17.5. The van der Waals surface area contributed by atoms with Crippen molar-refractivity contribution >= 4 is 16.9 Å². The number of ether oxygens (including phenoxy) is 1. The predicted octanol–water partition coefficient (Wildman–Crippen LogP) is 4.16. The number of aromatic nitrogens is 3. The molecule has 1 atom stereocenters. The molecule has 2 aromatic carbocycles. The molecule has 30 heavy (non-hydrogen) atoms. The smallest absolute Gasteiger partial charge is 0.325 e. The summed E-state index contributed by atoms with van der Waals surface area (Å²) in [5.74, 6) is -0.257. The van der Waals surface area contributed by atoms with Crippen LogP contribution in [0.1, 0.15) is 29.8 Å². The highest BCUT2D eigenvalue weighted by Gasteiger charge is 2.16. The maximum atomic E-state index is 11.8. The minimum Gasteiger partial charge on any atom is -0.468 e. The lowest BCUT2D eigenvalue weighted by molar-refractivity contribution is -0.141. The van der Waals surface area contributed by atoms with E-state index in [1.54, 1.807) is 0 Å². The van der Waals surface area contributed by atoms with Crippen molar-refractivity contribution in [1.29, 1.82) is 0 Å². The molecule has 0 aliphatic heterocycles. The number of carbonyl (C=O) groups is 1. The molecule has 0 radical (unpaired) electrons. The molecule has 6 nitrogen and oxygen atoms in total. The summed E-state index contributed by atoms with van der Waals surface area (Å²) < 4.78 is 8.75. The number of methoxy groups -OCH3 is 1. The second kappa shape index (κ2) is 8.55. The quantitative estimate of drug-likeness (QED) is 0.472. The Morgan fingerprint density at radius 2 is 1.87 bits per heavy atom. The lowest BCUT2D eigenvalue weighted by atomic mass is 10.1. The summed E-state index contributed by atoms with van der Waals surface area (Å²) in [6, 6.07) is 18.4. The molecule has 2 heterocycles. The van der Waals surface area contributed by atoms with Crippen LogP contribution in [0.25, 0.3) is 16.6 Å². The zero-order chi connectivity index (χ0) is 21.1. The van der Waals surface area contributed by atoms with Gasteiger partial charge in [0.15, 0.2) is 0 Å². The fraction of sp³-hybridized carbons (Fsp3) is 0.250. The molecule has 4 rings (SSSR count). The van der Waals surface area contributed by atoms with Gasteiger partial charge in [-0.25, -0.2) is 4.68 Å². The van der Waals surface area contributed by atoms with Crippen molar-refractivity contribution in [3.8, 4) is 5.69 Å². The van der Waals surface area contributed by atoms with Crippen LogP contribution in [0.2, 0.25) is 0 Å². The Bertz CT molecular complexity index is 1160. The van der Waals surface area contributed by atoms with Crippen molar-refractivity contribution in [2.45, 2.75) is 33.0 Å². The van der Waals surface area contributed by atoms with Gasteiger partial charge in [0.25, 0.3) is 0 Å². The van der Waals surface area contributed by atoms with Crippen LogP contribution >= 0.6 is 0 Å². The molecule has 0 amide bonds. The highest BCUT2D eigenvalue weighted by atomic mass is 16.5. The maximum absolute atomic E-state index is 11.8. The summed E-state index contributed by atoms with van der Waals surface area (Å²) >= 11 is 0. The van der Waals surface area contributed by atoms with Gasteiger partial charge in [-0.15, -0.1) is 0 Å². The summed E-state index contributed by atoms with van der Waals surface area (Å²) in [4.78, 5) is 11.8. The number of carbonyl (C=O) groups excluding carboxylic acids is 1. The number of hydrogen-bond donors (Lipinski definition) is 1. The number of nitrogens with zero attached hydrogens (tertiary/aromatic N) is 3. The first-order valence-corrected chi connectivity index (χ1v) is 10.1. The van der Waals surface area contributed by atoms with Crippen LogP contribution in [0.15, 0.2) is 67.0 Å². The molecule has 0 aliphatic rings. The Morgan fingerprint density at radius 3 is 2.63 bits per heavy atom. The lowest BCUT2D eigenvalue weighted by Gasteiger charge is -2.14. The molecule has 6 heteroatoms. The molecule has 1 unspecified atom stereocenters. The van der Waals surface area contributed by atoms with Crippen LogP contribution in [0.3, 0.4) is 0 Å². The van der Waals surface area contributed by atoms with Crippen LogP contribution < -0.4 is 5.32 Å². The average Bonchev–Trinajstić information content (AvgIpc) is 3.33. The third kappa shape index (κ3) is 3.86. The fourth-order valence-electron chi connectivity index (χ4n) is 3.85. The topological polar surface area (TPSA) is 61.1 Å². The van der Waals surface area contributed by atoms with Gasteiger partial charge < -0.3 is 14.6 Å². The second-order valence-corrected chi connectivity index (χ2v) is 7.41. The van der Waals surface area contributed by atoms with Gasteiger partial charge in [0.1, 0.15) is 6.54 Å².